The van der Waals surface area contributed by atoms with Crippen LogP contribution < -0.4 is 0 Å². The Hall–Kier alpha value is -1.39. The number of hydrogen-bond donors (Lipinski definition) is 0. The first-order valence-corrected chi connectivity index (χ1v) is 4.10. The van der Waals surface area contributed by atoms with Crippen molar-refractivity contribution in [2.45, 2.75) is 26.2 Å². The highest BCUT2D eigenvalue weighted by molar-refractivity contribution is 5.83. The van der Waals surface area contributed by atoms with E-state index in [0.717, 1.165) is 6.42 Å². The van der Waals surface area contributed by atoms with Crippen LogP contribution in [-0.4, -0.2) is 23.3 Å². The number of esters is 1. The quantitative estimate of drug-likeness (QED) is 0.664. The molecule has 1 aromatic rings. The van der Waals surface area contributed by atoms with Crippen molar-refractivity contribution in [3.63, 3.8) is 0 Å². The summed E-state index contributed by atoms with van der Waals surface area (Å²) >= 11 is 0. The van der Waals surface area contributed by atoms with Crippen LogP contribution in [-0.2, 0) is 4.74 Å². The number of carbonyl (C=O) groups excluding carboxylic acids is 1. The van der Waals surface area contributed by atoms with Crippen molar-refractivity contribution in [1.82, 2.24) is 10.2 Å². The average Bonchev–Trinajstić information content (AvgIpc) is 2.64. The predicted molar refractivity (Wildman–Crippen MR) is 44.3 cm³/mol. The predicted octanol–water partition coefficient (Wildman–Crippen LogP) is 1.37. The van der Waals surface area contributed by atoms with Gasteiger partial charge in [-0.05, 0) is 6.42 Å². The Morgan fingerprint density at radius 3 is 2.85 bits per heavy atom. The van der Waals surface area contributed by atoms with E-state index >= 15 is 0 Å². The summed E-state index contributed by atoms with van der Waals surface area (Å²) in [6, 6.07) is 0. The van der Waals surface area contributed by atoms with Gasteiger partial charge in [0.2, 0.25) is 5.89 Å². The highest BCUT2D eigenvalue weighted by atomic mass is 16.5. The van der Waals surface area contributed by atoms with Crippen LogP contribution in [0, 0.1) is 0 Å². The van der Waals surface area contributed by atoms with E-state index in [1.165, 1.54) is 7.11 Å². The van der Waals surface area contributed by atoms with Gasteiger partial charge >= 0.3 is 11.9 Å². The molecule has 1 rings (SSSR count). The molecule has 1 unspecified atom stereocenters. The summed E-state index contributed by atoms with van der Waals surface area (Å²) < 4.78 is 9.52. The van der Waals surface area contributed by atoms with Gasteiger partial charge in [-0.1, -0.05) is 13.8 Å². The molecule has 0 aliphatic carbocycles. The molecule has 0 amide bonds. The Labute approximate surface area is 76.1 Å². The minimum Gasteiger partial charge on any atom is -0.462 e. The molecule has 13 heavy (non-hydrogen) atoms. The minimum atomic E-state index is -0.595. The third-order valence-electron chi connectivity index (χ3n) is 1.83. The molecular weight excluding hydrogens is 172 g/mol. The van der Waals surface area contributed by atoms with Gasteiger partial charge in [0.15, 0.2) is 0 Å². The van der Waals surface area contributed by atoms with Gasteiger partial charge in [0.05, 0.1) is 7.11 Å². The SMILES string of the molecule is CCC(C)c1nnc(C(=O)OC)o1. The lowest BCUT2D eigenvalue weighted by Crippen LogP contribution is -2.00. The summed E-state index contributed by atoms with van der Waals surface area (Å²) in [6.45, 7) is 3.96. The maximum Gasteiger partial charge on any atom is 0.396 e. The number of ether oxygens (including phenoxy) is 1. The number of hydrogen-bond acceptors (Lipinski definition) is 5. The van der Waals surface area contributed by atoms with Crippen LogP contribution >= 0.6 is 0 Å². The molecule has 5 nitrogen and oxygen atoms in total. The first kappa shape index (κ1) is 9.70. The van der Waals surface area contributed by atoms with Crippen molar-refractivity contribution in [3.05, 3.63) is 11.8 Å². The summed E-state index contributed by atoms with van der Waals surface area (Å²) in [4.78, 5) is 10.9. The third kappa shape index (κ3) is 2.05. The van der Waals surface area contributed by atoms with Crippen molar-refractivity contribution in [3.8, 4) is 0 Å². The summed E-state index contributed by atoms with van der Waals surface area (Å²) in [5, 5.41) is 7.30. The van der Waals surface area contributed by atoms with Crippen LogP contribution in [0.4, 0.5) is 0 Å². The second-order valence-electron chi connectivity index (χ2n) is 2.75. The minimum absolute atomic E-state index is 0.0854. The lowest BCUT2D eigenvalue weighted by molar-refractivity contribution is 0.0553. The number of carbonyl (C=O) groups is 1. The van der Waals surface area contributed by atoms with E-state index in [-0.39, 0.29) is 11.8 Å². The normalized spacial score (nSPS) is 12.5. The van der Waals surface area contributed by atoms with Crippen LogP contribution in [0.25, 0.3) is 0 Å². The molecule has 5 heteroatoms. The van der Waals surface area contributed by atoms with E-state index in [2.05, 4.69) is 14.9 Å². The fourth-order valence-electron chi connectivity index (χ4n) is 0.778. The van der Waals surface area contributed by atoms with E-state index < -0.39 is 5.97 Å². The molecule has 0 radical (unpaired) electrons. The molecule has 0 N–H and O–H groups in total. The van der Waals surface area contributed by atoms with Gasteiger partial charge < -0.3 is 9.15 Å². The molecule has 0 saturated heterocycles. The van der Waals surface area contributed by atoms with Crippen molar-refractivity contribution in [2.24, 2.45) is 0 Å². The smallest absolute Gasteiger partial charge is 0.396 e. The van der Waals surface area contributed by atoms with E-state index in [4.69, 9.17) is 4.42 Å². The van der Waals surface area contributed by atoms with Gasteiger partial charge in [-0.3, -0.25) is 0 Å². The van der Waals surface area contributed by atoms with E-state index in [9.17, 15) is 4.79 Å². The zero-order valence-corrected chi connectivity index (χ0v) is 7.90. The Balaban J connectivity index is 2.80. The Morgan fingerprint density at radius 2 is 2.31 bits per heavy atom. The molecule has 0 spiro atoms. The van der Waals surface area contributed by atoms with Gasteiger partial charge in [-0.15, -0.1) is 10.2 Å². The number of nitrogens with zero attached hydrogens (tertiary/aromatic N) is 2. The molecule has 1 heterocycles. The van der Waals surface area contributed by atoms with Crippen molar-refractivity contribution >= 4 is 5.97 Å². The molecule has 1 aromatic heterocycles. The Bertz CT molecular complexity index is 295. The molecule has 0 aromatic carbocycles. The largest absolute Gasteiger partial charge is 0.462 e. The lowest BCUT2D eigenvalue weighted by atomic mass is 10.1. The summed E-state index contributed by atoms with van der Waals surface area (Å²) in [5.41, 5.74) is 0. The average molecular weight is 184 g/mol. The van der Waals surface area contributed by atoms with Gasteiger partial charge in [0.25, 0.3) is 0 Å². The monoisotopic (exact) mass is 184 g/mol. The van der Waals surface area contributed by atoms with Crippen molar-refractivity contribution in [2.75, 3.05) is 7.11 Å². The molecular formula is C8H12N2O3. The van der Waals surface area contributed by atoms with Gasteiger partial charge in [0, 0.05) is 5.92 Å². The zero-order valence-electron chi connectivity index (χ0n) is 7.90. The van der Waals surface area contributed by atoms with E-state index in [0.29, 0.717) is 5.89 Å². The number of aromatic nitrogens is 2. The topological polar surface area (TPSA) is 65.2 Å². The molecule has 0 bridgehead atoms. The second kappa shape index (κ2) is 4.02. The summed E-state index contributed by atoms with van der Waals surface area (Å²) in [5.74, 6) is -0.0336. The number of rotatable bonds is 3. The molecule has 0 aliphatic rings. The van der Waals surface area contributed by atoms with E-state index in [1.807, 2.05) is 13.8 Å². The van der Waals surface area contributed by atoms with Crippen molar-refractivity contribution in [1.29, 1.82) is 0 Å². The fourth-order valence-corrected chi connectivity index (χ4v) is 0.778. The Morgan fingerprint density at radius 1 is 1.62 bits per heavy atom. The van der Waals surface area contributed by atoms with Crippen LogP contribution in [0.5, 0.6) is 0 Å². The van der Waals surface area contributed by atoms with Gasteiger partial charge in [-0.2, -0.15) is 0 Å². The molecule has 0 saturated carbocycles. The summed E-state index contributed by atoms with van der Waals surface area (Å²) in [7, 11) is 1.27. The second-order valence-corrected chi connectivity index (χ2v) is 2.75. The van der Waals surface area contributed by atoms with Crippen LogP contribution in [0.15, 0.2) is 4.42 Å². The van der Waals surface area contributed by atoms with E-state index in [1.54, 1.807) is 0 Å². The van der Waals surface area contributed by atoms with Crippen LogP contribution in [0.3, 0.4) is 0 Å². The van der Waals surface area contributed by atoms with Gasteiger partial charge in [-0.25, -0.2) is 4.79 Å². The highest BCUT2D eigenvalue weighted by Gasteiger charge is 2.17. The molecule has 72 valence electrons. The van der Waals surface area contributed by atoms with Crippen LogP contribution in [0.2, 0.25) is 0 Å². The third-order valence-corrected chi connectivity index (χ3v) is 1.83. The maximum atomic E-state index is 10.9. The Kier molecular flexibility index (Phi) is 3.00. The fraction of sp³-hybridized carbons (Fsp3) is 0.625. The number of methoxy groups -OCH3 is 1. The van der Waals surface area contributed by atoms with Gasteiger partial charge in [0.1, 0.15) is 0 Å². The zero-order chi connectivity index (χ0) is 9.84. The van der Waals surface area contributed by atoms with Crippen LogP contribution in [0.1, 0.15) is 42.8 Å². The lowest BCUT2D eigenvalue weighted by Gasteiger charge is -1.99. The maximum absolute atomic E-state index is 10.9. The molecule has 0 fully saturated rings. The highest BCUT2D eigenvalue weighted by Crippen LogP contribution is 2.16. The first-order chi connectivity index (χ1) is 6.19. The molecule has 0 aliphatic heterocycles. The standard InChI is InChI=1S/C8H12N2O3/c1-4-5(2)6-9-10-7(13-6)8(11)12-3/h5H,4H2,1-3H3. The molecule has 1 atom stereocenters. The summed E-state index contributed by atoms with van der Waals surface area (Å²) in [6.07, 6.45) is 0.892. The first-order valence-electron chi connectivity index (χ1n) is 4.10. The van der Waals surface area contributed by atoms with Crippen molar-refractivity contribution < 1.29 is 13.9 Å².